The average Bonchev–Trinajstić information content (AvgIpc) is 2.83. The SMILES string of the molecule is CON(C)C(=O)C1CCCN(CC(=O)Nc2nc(C)c(C)s2)C1. The van der Waals surface area contributed by atoms with Crippen molar-refractivity contribution in [3.63, 3.8) is 0 Å². The van der Waals surface area contributed by atoms with Gasteiger partial charge in [-0.2, -0.15) is 0 Å². The number of rotatable bonds is 5. The molecule has 23 heavy (non-hydrogen) atoms. The Bertz CT molecular complexity index is 556. The summed E-state index contributed by atoms with van der Waals surface area (Å²) in [5.41, 5.74) is 0.941. The van der Waals surface area contributed by atoms with Crippen LogP contribution in [0, 0.1) is 19.8 Å². The molecule has 1 aliphatic heterocycles. The van der Waals surface area contributed by atoms with E-state index in [1.807, 2.05) is 18.7 Å². The molecular weight excluding hydrogens is 316 g/mol. The molecule has 1 atom stereocenters. The molecule has 1 N–H and O–H groups in total. The third kappa shape index (κ3) is 4.73. The lowest BCUT2D eigenvalue weighted by molar-refractivity contribution is -0.175. The van der Waals surface area contributed by atoms with E-state index in [0.717, 1.165) is 30.0 Å². The lowest BCUT2D eigenvalue weighted by Gasteiger charge is -2.32. The summed E-state index contributed by atoms with van der Waals surface area (Å²) in [5.74, 6) is -0.249. The third-order valence-corrected chi connectivity index (χ3v) is 5.07. The van der Waals surface area contributed by atoms with Gasteiger partial charge in [-0.05, 0) is 33.2 Å². The number of aromatic nitrogens is 1. The van der Waals surface area contributed by atoms with Gasteiger partial charge < -0.3 is 5.32 Å². The standard InChI is InChI=1S/C15H24N4O3S/c1-10-11(2)23-15(16-10)17-13(20)9-19-7-5-6-12(8-19)14(21)18(3)22-4/h12H,5-9H2,1-4H3,(H,16,17,20). The maximum absolute atomic E-state index is 12.2. The number of nitrogens with zero attached hydrogens (tertiary/aromatic N) is 3. The zero-order chi connectivity index (χ0) is 17.0. The van der Waals surface area contributed by atoms with Crippen LogP contribution in [0.5, 0.6) is 0 Å². The highest BCUT2D eigenvalue weighted by atomic mass is 32.1. The summed E-state index contributed by atoms with van der Waals surface area (Å²) in [7, 11) is 3.09. The molecule has 8 heteroatoms. The van der Waals surface area contributed by atoms with Crippen LogP contribution in [-0.4, -0.2) is 60.6 Å². The number of anilines is 1. The Morgan fingerprint density at radius 3 is 2.83 bits per heavy atom. The summed E-state index contributed by atoms with van der Waals surface area (Å²) in [5, 5.41) is 4.73. The summed E-state index contributed by atoms with van der Waals surface area (Å²) < 4.78 is 0. The van der Waals surface area contributed by atoms with Crippen molar-refractivity contribution < 1.29 is 14.4 Å². The molecule has 1 aromatic heterocycles. The summed E-state index contributed by atoms with van der Waals surface area (Å²) in [6, 6.07) is 0. The van der Waals surface area contributed by atoms with Gasteiger partial charge in [-0.25, -0.2) is 10.0 Å². The Hall–Kier alpha value is -1.51. The van der Waals surface area contributed by atoms with Crippen LogP contribution in [0.25, 0.3) is 0 Å². The highest BCUT2D eigenvalue weighted by Gasteiger charge is 2.29. The van der Waals surface area contributed by atoms with E-state index in [1.165, 1.54) is 23.5 Å². The number of thiazole rings is 1. The van der Waals surface area contributed by atoms with Gasteiger partial charge in [-0.3, -0.25) is 19.3 Å². The number of likely N-dealkylation sites (tertiary alicyclic amines) is 1. The van der Waals surface area contributed by atoms with Gasteiger partial charge in [0.2, 0.25) is 11.8 Å². The molecular formula is C15H24N4O3S. The van der Waals surface area contributed by atoms with Gasteiger partial charge in [0.25, 0.3) is 0 Å². The molecule has 1 aromatic rings. The van der Waals surface area contributed by atoms with Crippen molar-refractivity contribution in [1.82, 2.24) is 14.9 Å². The number of carbonyl (C=O) groups excluding carboxylic acids is 2. The molecule has 0 spiro atoms. The second-order valence-electron chi connectivity index (χ2n) is 5.80. The van der Waals surface area contributed by atoms with Gasteiger partial charge in [0.15, 0.2) is 5.13 Å². The quantitative estimate of drug-likeness (QED) is 0.821. The number of hydroxylamine groups is 2. The summed E-state index contributed by atoms with van der Waals surface area (Å²) in [6.07, 6.45) is 1.73. The molecule has 2 rings (SSSR count). The molecule has 0 saturated carbocycles. The third-order valence-electron chi connectivity index (χ3n) is 4.08. The van der Waals surface area contributed by atoms with Gasteiger partial charge in [-0.15, -0.1) is 11.3 Å². The lowest BCUT2D eigenvalue weighted by Crippen LogP contribution is -2.45. The van der Waals surface area contributed by atoms with Crippen LogP contribution in [0.2, 0.25) is 0 Å². The van der Waals surface area contributed by atoms with Crippen molar-refractivity contribution >= 4 is 28.3 Å². The maximum atomic E-state index is 12.2. The van der Waals surface area contributed by atoms with Gasteiger partial charge in [0, 0.05) is 18.5 Å². The van der Waals surface area contributed by atoms with Gasteiger partial charge in [0.05, 0.1) is 25.3 Å². The van der Waals surface area contributed by atoms with Crippen molar-refractivity contribution in [2.45, 2.75) is 26.7 Å². The highest BCUT2D eigenvalue weighted by molar-refractivity contribution is 7.15. The number of aryl methyl sites for hydroxylation is 2. The molecule has 128 valence electrons. The van der Waals surface area contributed by atoms with Gasteiger partial charge in [-0.1, -0.05) is 0 Å². The normalized spacial score (nSPS) is 18.7. The Morgan fingerprint density at radius 2 is 2.22 bits per heavy atom. The number of hydrogen-bond donors (Lipinski definition) is 1. The van der Waals surface area contributed by atoms with Gasteiger partial charge >= 0.3 is 0 Å². The number of piperidine rings is 1. The van der Waals surface area contributed by atoms with Crippen LogP contribution >= 0.6 is 11.3 Å². The fourth-order valence-electron chi connectivity index (χ4n) is 2.64. The van der Waals surface area contributed by atoms with Crippen LogP contribution in [-0.2, 0) is 14.4 Å². The molecule has 1 fully saturated rings. The second kappa shape index (κ2) is 7.85. The van der Waals surface area contributed by atoms with Crippen molar-refractivity contribution in [3.8, 4) is 0 Å². The number of hydrogen-bond acceptors (Lipinski definition) is 6. The molecule has 1 aliphatic rings. The van der Waals surface area contributed by atoms with E-state index in [9.17, 15) is 9.59 Å². The molecule has 1 unspecified atom stereocenters. The van der Waals surface area contributed by atoms with Crippen LogP contribution in [0.15, 0.2) is 0 Å². The van der Waals surface area contributed by atoms with Crippen LogP contribution in [0.1, 0.15) is 23.4 Å². The van der Waals surface area contributed by atoms with E-state index in [0.29, 0.717) is 11.7 Å². The molecule has 0 aromatic carbocycles. The molecule has 7 nitrogen and oxygen atoms in total. The highest BCUT2D eigenvalue weighted by Crippen LogP contribution is 2.22. The Kier molecular flexibility index (Phi) is 6.09. The van der Waals surface area contributed by atoms with E-state index >= 15 is 0 Å². The van der Waals surface area contributed by atoms with Crippen LogP contribution in [0.4, 0.5) is 5.13 Å². The first-order valence-electron chi connectivity index (χ1n) is 7.68. The zero-order valence-corrected chi connectivity index (χ0v) is 14.9. The number of amides is 2. The number of carbonyl (C=O) groups is 2. The van der Waals surface area contributed by atoms with E-state index in [1.54, 1.807) is 7.05 Å². The summed E-state index contributed by atoms with van der Waals surface area (Å²) >= 11 is 1.48. The first-order valence-corrected chi connectivity index (χ1v) is 8.50. The predicted octanol–water partition coefficient (Wildman–Crippen LogP) is 1.43. The second-order valence-corrected chi connectivity index (χ2v) is 7.00. The first kappa shape index (κ1) is 17.8. The van der Waals surface area contributed by atoms with E-state index in [2.05, 4.69) is 10.3 Å². The minimum atomic E-state index is -0.120. The van der Waals surface area contributed by atoms with Crippen molar-refractivity contribution in [1.29, 1.82) is 0 Å². The van der Waals surface area contributed by atoms with Gasteiger partial charge in [0.1, 0.15) is 0 Å². The largest absolute Gasteiger partial charge is 0.301 e. The molecule has 2 amide bonds. The number of nitrogens with one attached hydrogen (secondary N) is 1. The first-order chi connectivity index (χ1) is 10.9. The van der Waals surface area contributed by atoms with E-state index < -0.39 is 0 Å². The van der Waals surface area contributed by atoms with Crippen molar-refractivity contribution in [2.75, 3.05) is 39.1 Å². The van der Waals surface area contributed by atoms with Crippen molar-refractivity contribution in [2.24, 2.45) is 5.92 Å². The molecule has 0 radical (unpaired) electrons. The molecule has 1 saturated heterocycles. The van der Waals surface area contributed by atoms with E-state index in [-0.39, 0.29) is 24.3 Å². The molecule has 2 heterocycles. The van der Waals surface area contributed by atoms with E-state index in [4.69, 9.17) is 4.84 Å². The minimum Gasteiger partial charge on any atom is -0.301 e. The molecule has 0 aliphatic carbocycles. The van der Waals surface area contributed by atoms with Crippen LogP contribution in [0.3, 0.4) is 0 Å². The Morgan fingerprint density at radius 1 is 1.48 bits per heavy atom. The predicted molar refractivity (Wildman–Crippen MR) is 89.2 cm³/mol. The summed E-state index contributed by atoms with van der Waals surface area (Å²) in [4.78, 5) is 36.7. The topological polar surface area (TPSA) is 74.8 Å². The monoisotopic (exact) mass is 340 g/mol. The smallest absolute Gasteiger partial charge is 0.250 e. The van der Waals surface area contributed by atoms with Crippen molar-refractivity contribution in [3.05, 3.63) is 10.6 Å². The minimum absolute atomic E-state index is 0.0382. The molecule has 0 bridgehead atoms. The fraction of sp³-hybridized carbons (Fsp3) is 0.667. The summed E-state index contributed by atoms with van der Waals surface area (Å²) in [6.45, 7) is 5.59. The lowest BCUT2D eigenvalue weighted by atomic mass is 9.97. The Balaban J connectivity index is 1.87. The average molecular weight is 340 g/mol. The van der Waals surface area contributed by atoms with Crippen LogP contribution < -0.4 is 5.32 Å². The Labute approximate surface area is 140 Å². The maximum Gasteiger partial charge on any atom is 0.250 e. The zero-order valence-electron chi connectivity index (χ0n) is 14.1. The fourth-order valence-corrected chi connectivity index (χ4v) is 3.47.